The molecule has 0 amide bonds. The van der Waals surface area contributed by atoms with E-state index in [1.807, 2.05) is 36.4 Å². The zero-order valence-corrected chi connectivity index (χ0v) is 13.1. The Morgan fingerprint density at radius 3 is 1.57 bits per heavy atom. The first-order valence-electron chi connectivity index (χ1n) is 8.39. The van der Waals surface area contributed by atoms with Gasteiger partial charge in [0.2, 0.25) is 0 Å². The highest BCUT2D eigenvalue weighted by Gasteiger charge is 2.40. The number of allylic oxidation sites excluding steroid dienone is 2. The lowest BCUT2D eigenvalue weighted by Gasteiger charge is -2.24. The van der Waals surface area contributed by atoms with E-state index >= 15 is 0 Å². The van der Waals surface area contributed by atoms with Crippen LogP contribution in [0.3, 0.4) is 0 Å². The van der Waals surface area contributed by atoms with Crippen molar-refractivity contribution in [3.05, 3.63) is 82.9 Å². The Bertz CT molecular complexity index is 703. The summed E-state index contributed by atoms with van der Waals surface area (Å²) in [5, 5.41) is 0. The third-order valence-electron chi connectivity index (χ3n) is 5.08. The van der Waals surface area contributed by atoms with E-state index < -0.39 is 0 Å². The Labute approximate surface area is 137 Å². The second kappa shape index (κ2) is 6.00. The monoisotopic (exact) mass is 300 g/mol. The van der Waals surface area contributed by atoms with Crippen molar-refractivity contribution in [2.24, 2.45) is 11.8 Å². The molecule has 0 radical (unpaired) electrons. The topological polar surface area (TPSA) is 17.1 Å². The van der Waals surface area contributed by atoms with Crippen LogP contribution >= 0.6 is 0 Å². The van der Waals surface area contributed by atoms with Crippen LogP contribution < -0.4 is 0 Å². The Kier molecular flexibility index (Phi) is 3.70. The van der Waals surface area contributed by atoms with E-state index in [0.29, 0.717) is 11.8 Å². The van der Waals surface area contributed by atoms with E-state index in [1.54, 1.807) is 0 Å². The van der Waals surface area contributed by atoms with E-state index in [-0.39, 0.29) is 5.78 Å². The lowest BCUT2D eigenvalue weighted by atomic mass is 9.78. The van der Waals surface area contributed by atoms with Gasteiger partial charge in [0.05, 0.1) is 0 Å². The maximum absolute atomic E-state index is 13.1. The molecule has 0 aliphatic heterocycles. The van der Waals surface area contributed by atoms with Gasteiger partial charge in [-0.05, 0) is 54.4 Å². The van der Waals surface area contributed by atoms with Crippen LogP contribution in [0.15, 0.2) is 71.8 Å². The van der Waals surface area contributed by atoms with Crippen LogP contribution in [0.25, 0.3) is 12.2 Å². The molecule has 0 spiro atoms. The van der Waals surface area contributed by atoms with Gasteiger partial charge in [-0.1, -0.05) is 60.7 Å². The molecule has 2 aliphatic carbocycles. The van der Waals surface area contributed by atoms with Gasteiger partial charge in [0.15, 0.2) is 5.78 Å². The predicted octanol–water partition coefficient (Wildman–Crippen LogP) is 5.15. The normalized spacial score (nSPS) is 26.9. The van der Waals surface area contributed by atoms with Gasteiger partial charge >= 0.3 is 0 Å². The van der Waals surface area contributed by atoms with E-state index in [4.69, 9.17) is 0 Å². The quantitative estimate of drug-likeness (QED) is 0.701. The molecule has 2 saturated carbocycles. The highest BCUT2D eigenvalue weighted by atomic mass is 16.1. The molecule has 2 fully saturated rings. The molecule has 2 aliphatic rings. The lowest BCUT2D eigenvalue weighted by Crippen LogP contribution is -2.22. The average Bonchev–Trinajstić information content (AvgIpc) is 3.04. The van der Waals surface area contributed by atoms with E-state index in [1.165, 1.54) is 0 Å². The Hall–Kier alpha value is -2.41. The number of hydrogen-bond donors (Lipinski definition) is 0. The van der Waals surface area contributed by atoms with Crippen molar-refractivity contribution < 1.29 is 4.79 Å². The summed E-state index contributed by atoms with van der Waals surface area (Å²) in [7, 11) is 0. The average molecular weight is 300 g/mol. The smallest absolute Gasteiger partial charge is 0.185 e. The van der Waals surface area contributed by atoms with Crippen molar-refractivity contribution in [2.75, 3.05) is 0 Å². The van der Waals surface area contributed by atoms with E-state index in [0.717, 1.165) is 41.5 Å². The zero-order chi connectivity index (χ0) is 15.6. The molecule has 23 heavy (non-hydrogen) atoms. The molecule has 114 valence electrons. The number of carbonyl (C=O) groups excluding carboxylic acids is 1. The molecular weight excluding hydrogens is 280 g/mol. The van der Waals surface area contributed by atoms with Gasteiger partial charge in [-0.2, -0.15) is 0 Å². The number of hydrogen-bond acceptors (Lipinski definition) is 1. The first-order valence-corrected chi connectivity index (χ1v) is 8.39. The van der Waals surface area contributed by atoms with Crippen molar-refractivity contribution in [3.8, 4) is 0 Å². The minimum Gasteiger partial charge on any atom is -0.289 e. The standard InChI is InChI=1S/C22H20O/c23-22-20(13-16-7-3-1-4-8-16)18-11-12-19(15-18)21(22)14-17-9-5-2-6-10-17/h1-10,13-14,18-19H,11-12,15H2/b20-13-,21-14+/t18-,19+/m1/s1. The summed E-state index contributed by atoms with van der Waals surface area (Å²) in [6, 6.07) is 20.4. The number of carbonyl (C=O) groups is 1. The summed E-state index contributed by atoms with van der Waals surface area (Å²) < 4.78 is 0. The van der Waals surface area contributed by atoms with Gasteiger partial charge in [0.25, 0.3) is 0 Å². The second-order valence-electron chi connectivity index (χ2n) is 6.56. The molecule has 1 heteroatoms. The summed E-state index contributed by atoms with van der Waals surface area (Å²) >= 11 is 0. The molecule has 4 rings (SSSR count). The van der Waals surface area contributed by atoms with Crippen LogP contribution in [0.1, 0.15) is 30.4 Å². The van der Waals surface area contributed by atoms with Crippen molar-refractivity contribution in [2.45, 2.75) is 19.3 Å². The van der Waals surface area contributed by atoms with Crippen LogP contribution in [-0.2, 0) is 4.79 Å². The van der Waals surface area contributed by atoms with Crippen LogP contribution in [-0.4, -0.2) is 5.78 Å². The fraction of sp³-hybridized carbons (Fsp3) is 0.227. The molecule has 1 nitrogen and oxygen atoms in total. The van der Waals surface area contributed by atoms with E-state index in [9.17, 15) is 4.79 Å². The van der Waals surface area contributed by atoms with Crippen LogP contribution in [0.4, 0.5) is 0 Å². The van der Waals surface area contributed by atoms with Gasteiger partial charge < -0.3 is 0 Å². The highest BCUT2D eigenvalue weighted by molar-refractivity contribution is 6.15. The maximum Gasteiger partial charge on any atom is 0.185 e. The third-order valence-corrected chi connectivity index (χ3v) is 5.08. The summed E-state index contributed by atoms with van der Waals surface area (Å²) in [5.41, 5.74) is 4.26. The molecule has 0 saturated heterocycles. The van der Waals surface area contributed by atoms with Gasteiger partial charge in [0, 0.05) is 11.1 Å². The number of benzene rings is 2. The summed E-state index contributed by atoms with van der Waals surface area (Å²) in [6.07, 6.45) is 7.62. The van der Waals surface area contributed by atoms with Crippen LogP contribution in [0.2, 0.25) is 0 Å². The van der Waals surface area contributed by atoms with Gasteiger partial charge in [-0.25, -0.2) is 0 Å². The number of rotatable bonds is 2. The largest absolute Gasteiger partial charge is 0.289 e. The Morgan fingerprint density at radius 1 is 0.696 bits per heavy atom. The van der Waals surface area contributed by atoms with Crippen molar-refractivity contribution in [1.82, 2.24) is 0 Å². The first kappa shape index (κ1) is 14.2. The Morgan fingerprint density at radius 2 is 1.13 bits per heavy atom. The summed E-state index contributed by atoms with van der Waals surface area (Å²) in [6.45, 7) is 0. The number of ketones is 1. The lowest BCUT2D eigenvalue weighted by molar-refractivity contribution is -0.113. The van der Waals surface area contributed by atoms with E-state index in [2.05, 4.69) is 36.4 Å². The molecule has 0 N–H and O–H groups in total. The fourth-order valence-electron chi connectivity index (χ4n) is 3.91. The molecule has 0 unspecified atom stereocenters. The number of fused-ring (bicyclic) bond motifs is 2. The highest BCUT2D eigenvalue weighted by Crippen LogP contribution is 2.47. The van der Waals surface area contributed by atoms with Gasteiger partial charge in [-0.3, -0.25) is 4.79 Å². The van der Waals surface area contributed by atoms with Gasteiger partial charge in [0.1, 0.15) is 0 Å². The molecule has 0 aromatic heterocycles. The van der Waals surface area contributed by atoms with Crippen molar-refractivity contribution >= 4 is 17.9 Å². The zero-order valence-electron chi connectivity index (χ0n) is 13.1. The predicted molar refractivity (Wildman–Crippen MR) is 94.7 cm³/mol. The number of Topliss-reactive ketones (excluding diaryl/α,β-unsaturated/α-hetero) is 1. The maximum atomic E-state index is 13.1. The minimum atomic E-state index is 0.261. The molecular formula is C22H20O. The second-order valence-corrected chi connectivity index (χ2v) is 6.56. The molecule has 0 heterocycles. The van der Waals surface area contributed by atoms with Crippen LogP contribution in [0.5, 0.6) is 0 Å². The Balaban J connectivity index is 1.73. The van der Waals surface area contributed by atoms with Crippen LogP contribution in [0, 0.1) is 11.8 Å². The fourth-order valence-corrected chi connectivity index (χ4v) is 3.91. The SMILES string of the molecule is O=C1/C(=C\c2ccccc2)[C@@H]2CC[C@@H](C2)/C1=C\c1ccccc1. The third kappa shape index (κ3) is 2.79. The van der Waals surface area contributed by atoms with Gasteiger partial charge in [-0.15, -0.1) is 0 Å². The van der Waals surface area contributed by atoms with Crippen molar-refractivity contribution in [1.29, 1.82) is 0 Å². The summed E-state index contributed by atoms with van der Waals surface area (Å²) in [4.78, 5) is 13.1. The molecule has 2 aromatic carbocycles. The molecule has 2 bridgehead atoms. The minimum absolute atomic E-state index is 0.261. The van der Waals surface area contributed by atoms with Crippen molar-refractivity contribution in [3.63, 3.8) is 0 Å². The summed E-state index contributed by atoms with van der Waals surface area (Å²) in [5.74, 6) is 1.15. The molecule has 2 aromatic rings. The molecule has 2 atom stereocenters. The first-order chi connectivity index (χ1) is 11.3.